The molecule has 0 aliphatic heterocycles. The van der Waals surface area contributed by atoms with Crippen LogP contribution < -0.4 is 16.0 Å². The summed E-state index contributed by atoms with van der Waals surface area (Å²) in [4.78, 5) is 22.6. The summed E-state index contributed by atoms with van der Waals surface area (Å²) in [7, 11) is 0. The van der Waals surface area contributed by atoms with Crippen LogP contribution in [0.5, 0.6) is 5.75 Å². The molecule has 0 spiro atoms. The second-order valence-electron chi connectivity index (χ2n) is 4.97. The molecule has 0 saturated carbocycles. The van der Waals surface area contributed by atoms with Crippen LogP contribution in [0.4, 0.5) is 0 Å². The first-order valence-electron chi connectivity index (χ1n) is 6.99. The van der Waals surface area contributed by atoms with Crippen molar-refractivity contribution in [2.75, 3.05) is 6.61 Å². The van der Waals surface area contributed by atoms with E-state index in [4.69, 9.17) is 10.6 Å². The number of amides is 1. The molecule has 2 rings (SSSR count). The molecule has 1 aliphatic carbocycles. The number of Topliss-reactive ketones (excluding diaryl/α,β-unsaturated/α-hetero) is 1. The number of hydrogen-bond donors (Lipinski definition) is 2. The van der Waals surface area contributed by atoms with Crippen LogP contribution in [-0.2, 0) is 11.2 Å². The van der Waals surface area contributed by atoms with Gasteiger partial charge in [0.05, 0.1) is 6.61 Å². The summed E-state index contributed by atoms with van der Waals surface area (Å²) < 4.78 is 5.65. The minimum absolute atomic E-state index is 0.155. The number of carbonyl (C=O) groups is 2. The molecule has 0 heterocycles. The van der Waals surface area contributed by atoms with Gasteiger partial charge in [0.15, 0.2) is 5.78 Å². The first kappa shape index (κ1) is 14.5. The molecule has 108 valence electrons. The highest BCUT2D eigenvalue weighted by molar-refractivity contribution is 5.98. The second-order valence-corrected chi connectivity index (χ2v) is 4.97. The lowest BCUT2D eigenvalue weighted by Crippen LogP contribution is -2.29. The maximum absolute atomic E-state index is 11.7. The Morgan fingerprint density at radius 2 is 2.15 bits per heavy atom. The molecule has 0 radical (unpaired) electrons. The molecule has 0 aromatic heterocycles. The first-order chi connectivity index (χ1) is 9.70. The normalized spacial score (nSPS) is 13.8. The molecular weight excluding hydrogens is 256 g/mol. The number of ketones is 1. The number of unbranched alkanes of at least 4 members (excludes halogenated alkanes) is 1. The number of aryl methyl sites for hydroxylation is 1. The number of carbonyl (C=O) groups excluding carboxylic acids is 2. The monoisotopic (exact) mass is 276 g/mol. The standard InChI is InChI=1S/C15H20N2O3/c16-17-15(19)6-1-2-9-20-12-7-8-13-11(10-12)4-3-5-14(13)18/h7-8,10H,1-6,9,16H2,(H,17,19). The van der Waals surface area contributed by atoms with Gasteiger partial charge >= 0.3 is 0 Å². The molecule has 1 aromatic rings. The van der Waals surface area contributed by atoms with Crippen LogP contribution >= 0.6 is 0 Å². The van der Waals surface area contributed by atoms with Gasteiger partial charge in [0.2, 0.25) is 5.91 Å². The van der Waals surface area contributed by atoms with E-state index in [-0.39, 0.29) is 11.7 Å². The molecule has 20 heavy (non-hydrogen) atoms. The van der Waals surface area contributed by atoms with Crippen LogP contribution in [0, 0.1) is 0 Å². The van der Waals surface area contributed by atoms with Gasteiger partial charge in [-0.25, -0.2) is 5.84 Å². The fourth-order valence-electron chi connectivity index (χ4n) is 2.36. The van der Waals surface area contributed by atoms with E-state index in [1.807, 2.05) is 18.2 Å². The third-order valence-corrected chi connectivity index (χ3v) is 3.45. The van der Waals surface area contributed by atoms with Gasteiger partial charge < -0.3 is 4.74 Å². The predicted octanol–water partition coefficient (Wildman–Crippen LogP) is 1.74. The third kappa shape index (κ3) is 3.81. The molecule has 5 heteroatoms. The van der Waals surface area contributed by atoms with Crippen molar-refractivity contribution >= 4 is 11.7 Å². The molecule has 0 unspecified atom stereocenters. The van der Waals surface area contributed by atoms with Gasteiger partial charge in [-0.2, -0.15) is 0 Å². The number of nitrogens with two attached hydrogens (primary N) is 1. The Labute approximate surface area is 118 Å². The summed E-state index contributed by atoms with van der Waals surface area (Å²) in [5.41, 5.74) is 4.02. The van der Waals surface area contributed by atoms with Crippen molar-refractivity contribution in [3.8, 4) is 5.75 Å². The quantitative estimate of drug-likeness (QED) is 0.359. The lowest BCUT2D eigenvalue weighted by molar-refractivity contribution is -0.121. The van der Waals surface area contributed by atoms with Gasteiger partial charge in [-0.1, -0.05) is 0 Å². The van der Waals surface area contributed by atoms with Gasteiger partial charge in [-0.05, 0) is 49.4 Å². The largest absolute Gasteiger partial charge is 0.494 e. The number of ether oxygens (including phenoxy) is 1. The molecule has 1 aromatic carbocycles. The van der Waals surface area contributed by atoms with E-state index in [1.54, 1.807) is 0 Å². The number of benzene rings is 1. The lowest BCUT2D eigenvalue weighted by atomic mass is 9.90. The number of hydrazine groups is 1. The Bertz CT molecular complexity index is 500. The number of hydrogen-bond acceptors (Lipinski definition) is 4. The topological polar surface area (TPSA) is 81.4 Å². The molecule has 1 aliphatic rings. The number of rotatable bonds is 6. The van der Waals surface area contributed by atoms with Crippen LogP contribution in [0.1, 0.15) is 48.0 Å². The molecule has 1 amide bonds. The van der Waals surface area contributed by atoms with Crippen LogP contribution in [0.2, 0.25) is 0 Å². The molecule has 5 nitrogen and oxygen atoms in total. The molecule has 0 fully saturated rings. The maximum atomic E-state index is 11.7. The van der Waals surface area contributed by atoms with Gasteiger partial charge in [0, 0.05) is 18.4 Å². The second kappa shape index (κ2) is 7.05. The van der Waals surface area contributed by atoms with Crippen molar-refractivity contribution in [1.29, 1.82) is 0 Å². The lowest BCUT2D eigenvalue weighted by Gasteiger charge is -2.16. The van der Waals surface area contributed by atoms with Gasteiger partial charge in [0.25, 0.3) is 0 Å². The van der Waals surface area contributed by atoms with E-state index >= 15 is 0 Å². The molecule has 3 N–H and O–H groups in total. The van der Waals surface area contributed by atoms with Crippen molar-refractivity contribution in [1.82, 2.24) is 5.43 Å². The van der Waals surface area contributed by atoms with Gasteiger partial charge in [-0.3, -0.25) is 15.0 Å². The summed E-state index contributed by atoms with van der Waals surface area (Å²) in [6.45, 7) is 0.560. The molecule has 0 bridgehead atoms. The third-order valence-electron chi connectivity index (χ3n) is 3.45. The Balaban J connectivity index is 1.79. The zero-order valence-corrected chi connectivity index (χ0v) is 11.5. The fraction of sp³-hybridized carbons (Fsp3) is 0.467. The van der Waals surface area contributed by atoms with E-state index in [2.05, 4.69) is 5.43 Å². The zero-order valence-electron chi connectivity index (χ0n) is 11.5. The Morgan fingerprint density at radius 3 is 2.95 bits per heavy atom. The van der Waals surface area contributed by atoms with E-state index in [0.717, 1.165) is 42.6 Å². The van der Waals surface area contributed by atoms with E-state index in [0.29, 0.717) is 19.4 Å². The Morgan fingerprint density at radius 1 is 1.30 bits per heavy atom. The smallest absolute Gasteiger partial charge is 0.233 e. The average molecular weight is 276 g/mol. The minimum Gasteiger partial charge on any atom is -0.494 e. The predicted molar refractivity (Wildman–Crippen MR) is 75.4 cm³/mol. The van der Waals surface area contributed by atoms with Gasteiger partial charge in [-0.15, -0.1) is 0 Å². The van der Waals surface area contributed by atoms with Crippen LogP contribution in [0.3, 0.4) is 0 Å². The van der Waals surface area contributed by atoms with Gasteiger partial charge in [0.1, 0.15) is 5.75 Å². The summed E-state index contributed by atoms with van der Waals surface area (Å²) in [6.07, 6.45) is 4.46. The summed E-state index contributed by atoms with van der Waals surface area (Å²) in [5.74, 6) is 5.86. The van der Waals surface area contributed by atoms with Crippen molar-refractivity contribution in [2.45, 2.75) is 38.5 Å². The highest BCUT2D eigenvalue weighted by atomic mass is 16.5. The van der Waals surface area contributed by atoms with Crippen LogP contribution in [0.25, 0.3) is 0 Å². The molecular formula is C15H20N2O3. The van der Waals surface area contributed by atoms with E-state index < -0.39 is 0 Å². The zero-order chi connectivity index (χ0) is 14.4. The SMILES string of the molecule is NNC(=O)CCCCOc1ccc2c(c1)CCCC2=O. The number of fused-ring (bicyclic) bond motifs is 1. The molecule has 0 atom stereocenters. The van der Waals surface area contributed by atoms with Crippen molar-refractivity contribution in [3.63, 3.8) is 0 Å². The number of nitrogens with one attached hydrogen (secondary N) is 1. The first-order valence-corrected chi connectivity index (χ1v) is 6.99. The summed E-state index contributed by atoms with van der Waals surface area (Å²) in [5, 5.41) is 0. The Kier molecular flexibility index (Phi) is 5.12. The Hall–Kier alpha value is -1.88. The highest BCUT2D eigenvalue weighted by Crippen LogP contribution is 2.25. The average Bonchev–Trinajstić information content (AvgIpc) is 2.46. The van der Waals surface area contributed by atoms with E-state index in [9.17, 15) is 9.59 Å². The van der Waals surface area contributed by atoms with Crippen LogP contribution in [-0.4, -0.2) is 18.3 Å². The fourth-order valence-corrected chi connectivity index (χ4v) is 2.36. The summed E-state index contributed by atoms with van der Waals surface area (Å²) in [6, 6.07) is 5.65. The minimum atomic E-state index is -0.155. The van der Waals surface area contributed by atoms with Crippen LogP contribution in [0.15, 0.2) is 18.2 Å². The molecule has 0 saturated heterocycles. The van der Waals surface area contributed by atoms with Crippen molar-refractivity contribution in [3.05, 3.63) is 29.3 Å². The van der Waals surface area contributed by atoms with Crippen molar-refractivity contribution < 1.29 is 14.3 Å². The maximum Gasteiger partial charge on any atom is 0.233 e. The summed E-state index contributed by atoms with van der Waals surface area (Å²) >= 11 is 0. The highest BCUT2D eigenvalue weighted by Gasteiger charge is 2.17. The van der Waals surface area contributed by atoms with Crippen molar-refractivity contribution in [2.24, 2.45) is 5.84 Å². The van der Waals surface area contributed by atoms with E-state index in [1.165, 1.54) is 0 Å².